The van der Waals surface area contributed by atoms with Gasteiger partial charge in [0, 0.05) is 11.2 Å². The van der Waals surface area contributed by atoms with E-state index in [1.807, 2.05) is 59.8 Å². The summed E-state index contributed by atoms with van der Waals surface area (Å²) in [6, 6.07) is 14.6. The van der Waals surface area contributed by atoms with Crippen molar-refractivity contribution in [2.75, 3.05) is 19.8 Å². The summed E-state index contributed by atoms with van der Waals surface area (Å²) in [5.74, 6) is 1.12. The number of ether oxygens (including phenoxy) is 3. The average molecular weight is 471 g/mol. The van der Waals surface area contributed by atoms with Gasteiger partial charge in [-0.3, -0.25) is 0 Å². The number of hydrogen-bond acceptors (Lipinski definition) is 7. The number of aliphatic imine (C=N–C) groups is 1. The fourth-order valence-corrected chi connectivity index (χ4v) is 4.41. The largest absolute Gasteiger partial charge is 0.490 e. The number of halogens is 1. The molecule has 0 saturated carbocycles. The zero-order chi connectivity index (χ0) is 22.5. The Hall–Kier alpha value is -2.90. The second kappa shape index (κ2) is 10.1. The molecule has 2 aliphatic rings. The van der Waals surface area contributed by atoms with Crippen molar-refractivity contribution in [3.05, 3.63) is 82.0 Å². The fraction of sp³-hybridized carbons (Fsp3) is 0.250. The molecule has 32 heavy (non-hydrogen) atoms. The lowest BCUT2D eigenvalue weighted by atomic mass is 9.95. The lowest BCUT2D eigenvalue weighted by Crippen LogP contribution is -2.34. The molecule has 0 amide bonds. The van der Waals surface area contributed by atoms with E-state index in [0.717, 1.165) is 22.2 Å². The van der Waals surface area contributed by atoms with Crippen LogP contribution in [0.25, 0.3) is 0 Å². The highest BCUT2D eigenvalue weighted by atomic mass is 35.5. The van der Waals surface area contributed by atoms with Gasteiger partial charge < -0.3 is 19.1 Å². The smallest absolute Gasteiger partial charge is 0.338 e. The number of carbonyl (C=O) groups excluding carboxylic acids is 1. The van der Waals surface area contributed by atoms with Gasteiger partial charge in [0.1, 0.15) is 24.7 Å². The molecular weight excluding hydrogens is 448 g/mol. The third kappa shape index (κ3) is 4.95. The summed E-state index contributed by atoms with van der Waals surface area (Å²) < 4.78 is 16.8. The number of amidine groups is 1. The van der Waals surface area contributed by atoms with E-state index in [0.29, 0.717) is 36.1 Å². The van der Waals surface area contributed by atoms with Crippen molar-refractivity contribution in [2.24, 2.45) is 4.99 Å². The van der Waals surface area contributed by atoms with Crippen molar-refractivity contribution in [3.8, 4) is 11.5 Å². The van der Waals surface area contributed by atoms with Crippen LogP contribution in [0.3, 0.4) is 0 Å². The van der Waals surface area contributed by atoms with Crippen LogP contribution >= 0.6 is 23.4 Å². The summed E-state index contributed by atoms with van der Waals surface area (Å²) in [5.41, 5.74) is 2.18. The normalized spacial score (nSPS) is 17.2. The molecule has 6 nitrogen and oxygen atoms in total. The van der Waals surface area contributed by atoms with Crippen LogP contribution in [0, 0.1) is 0 Å². The van der Waals surface area contributed by atoms with Crippen LogP contribution in [0.5, 0.6) is 11.5 Å². The number of nitrogens with zero attached hydrogens (tertiary/aromatic N) is 2. The molecule has 1 atom stereocenters. The van der Waals surface area contributed by atoms with Crippen LogP contribution in [-0.2, 0) is 9.53 Å². The molecule has 0 bridgehead atoms. The molecule has 166 valence electrons. The Labute approximate surface area is 196 Å². The molecule has 0 radical (unpaired) electrons. The number of esters is 1. The maximum absolute atomic E-state index is 12.7. The maximum Gasteiger partial charge on any atom is 0.338 e. The van der Waals surface area contributed by atoms with E-state index in [2.05, 4.69) is 4.99 Å². The molecule has 2 heterocycles. The molecule has 0 spiro atoms. The first-order valence-electron chi connectivity index (χ1n) is 10.3. The number of benzene rings is 2. The highest BCUT2D eigenvalue weighted by molar-refractivity contribution is 8.16. The van der Waals surface area contributed by atoms with Gasteiger partial charge in [0.25, 0.3) is 0 Å². The van der Waals surface area contributed by atoms with Crippen LogP contribution in [0.1, 0.15) is 25.5 Å². The van der Waals surface area contributed by atoms with Crippen molar-refractivity contribution in [1.29, 1.82) is 0 Å². The van der Waals surface area contributed by atoms with Gasteiger partial charge >= 0.3 is 5.97 Å². The number of fused-ring (bicyclic) bond motifs is 1. The Kier molecular flexibility index (Phi) is 7.07. The van der Waals surface area contributed by atoms with Crippen molar-refractivity contribution in [3.63, 3.8) is 0 Å². The molecule has 8 heteroatoms. The zero-order valence-corrected chi connectivity index (χ0v) is 19.4. The molecule has 2 aliphatic heterocycles. The van der Waals surface area contributed by atoms with Gasteiger partial charge in [-0.15, -0.1) is 0 Å². The third-order valence-corrected chi connectivity index (χ3v) is 5.97. The highest BCUT2D eigenvalue weighted by Crippen LogP contribution is 2.41. The van der Waals surface area contributed by atoms with Crippen LogP contribution in [-0.4, -0.2) is 35.9 Å². The van der Waals surface area contributed by atoms with Crippen LogP contribution < -0.4 is 9.47 Å². The van der Waals surface area contributed by atoms with Gasteiger partial charge in [-0.25, -0.2) is 9.79 Å². The van der Waals surface area contributed by atoms with E-state index < -0.39 is 0 Å². The highest BCUT2D eigenvalue weighted by Gasteiger charge is 2.37. The molecule has 0 aromatic heterocycles. The van der Waals surface area contributed by atoms with Crippen molar-refractivity contribution < 1.29 is 19.0 Å². The Balaban J connectivity index is 1.43. The van der Waals surface area contributed by atoms with Gasteiger partial charge in [-0.2, -0.15) is 0 Å². The van der Waals surface area contributed by atoms with E-state index in [9.17, 15) is 4.79 Å². The SMILES string of the molecule is CCOC(=O)C1=C(C)N=C2SC=CN2[C@H]1c1ccc(OCCOc2ccc(Cl)cc2)cc1. The van der Waals surface area contributed by atoms with Gasteiger partial charge in [-0.1, -0.05) is 35.5 Å². The zero-order valence-electron chi connectivity index (χ0n) is 17.8. The van der Waals surface area contributed by atoms with E-state index in [4.69, 9.17) is 25.8 Å². The van der Waals surface area contributed by atoms with E-state index >= 15 is 0 Å². The molecule has 0 saturated heterocycles. The van der Waals surface area contributed by atoms with Crippen molar-refractivity contribution in [2.45, 2.75) is 19.9 Å². The van der Waals surface area contributed by atoms with E-state index in [-0.39, 0.29) is 12.0 Å². The average Bonchev–Trinajstić information content (AvgIpc) is 3.25. The summed E-state index contributed by atoms with van der Waals surface area (Å²) in [6.45, 7) is 4.78. The Morgan fingerprint density at radius 3 is 2.31 bits per heavy atom. The summed E-state index contributed by atoms with van der Waals surface area (Å²) in [5, 5.41) is 3.48. The molecule has 0 aliphatic carbocycles. The predicted molar refractivity (Wildman–Crippen MR) is 127 cm³/mol. The second-order valence-corrected chi connectivity index (χ2v) is 8.36. The summed E-state index contributed by atoms with van der Waals surface area (Å²) in [7, 11) is 0. The monoisotopic (exact) mass is 470 g/mol. The Bertz CT molecular complexity index is 1060. The fourth-order valence-electron chi connectivity index (χ4n) is 3.49. The lowest BCUT2D eigenvalue weighted by molar-refractivity contribution is -0.139. The molecule has 2 aromatic rings. The van der Waals surface area contributed by atoms with Crippen LogP contribution in [0.4, 0.5) is 0 Å². The lowest BCUT2D eigenvalue weighted by Gasteiger charge is -2.33. The number of hydrogen-bond donors (Lipinski definition) is 0. The van der Waals surface area contributed by atoms with Gasteiger partial charge in [-0.05, 0) is 61.2 Å². The summed E-state index contributed by atoms with van der Waals surface area (Å²) >= 11 is 7.41. The van der Waals surface area contributed by atoms with Gasteiger partial charge in [0.05, 0.1) is 23.9 Å². The molecule has 4 rings (SSSR count). The minimum Gasteiger partial charge on any atom is -0.490 e. The topological polar surface area (TPSA) is 60.4 Å². The Morgan fingerprint density at radius 2 is 1.69 bits per heavy atom. The first kappa shape index (κ1) is 22.3. The van der Waals surface area contributed by atoms with Crippen LogP contribution in [0.2, 0.25) is 5.02 Å². The third-order valence-electron chi connectivity index (χ3n) is 4.95. The van der Waals surface area contributed by atoms with Crippen molar-refractivity contribution in [1.82, 2.24) is 4.90 Å². The van der Waals surface area contributed by atoms with E-state index in [1.165, 1.54) is 11.8 Å². The molecular formula is C24H23ClN2O4S. The second-order valence-electron chi connectivity index (χ2n) is 7.05. The number of allylic oxidation sites excluding steroid dienone is 1. The molecule has 0 unspecified atom stereocenters. The van der Waals surface area contributed by atoms with E-state index in [1.54, 1.807) is 19.1 Å². The van der Waals surface area contributed by atoms with Crippen molar-refractivity contribution >= 4 is 34.5 Å². The number of thioether (sulfide) groups is 1. The Morgan fingerprint density at radius 1 is 1.06 bits per heavy atom. The first-order valence-corrected chi connectivity index (χ1v) is 11.5. The van der Waals surface area contributed by atoms with Gasteiger partial charge in [0.15, 0.2) is 5.17 Å². The first-order chi connectivity index (χ1) is 15.6. The molecule has 0 fully saturated rings. The summed E-state index contributed by atoms with van der Waals surface area (Å²) in [6.07, 6.45) is 1.94. The van der Waals surface area contributed by atoms with Gasteiger partial charge in [0.2, 0.25) is 0 Å². The number of carbonyl (C=O) groups is 1. The quantitative estimate of drug-likeness (QED) is 0.371. The minimum atomic E-state index is -0.345. The molecule has 0 N–H and O–H groups in total. The maximum atomic E-state index is 12.7. The number of rotatable bonds is 8. The summed E-state index contributed by atoms with van der Waals surface area (Å²) in [4.78, 5) is 19.3. The predicted octanol–water partition coefficient (Wildman–Crippen LogP) is 5.57. The minimum absolute atomic E-state index is 0.296. The van der Waals surface area contributed by atoms with Crippen LogP contribution in [0.15, 0.2) is 76.4 Å². The standard InChI is InChI=1S/C24H23ClN2O4S/c1-3-29-23(28)21-16(2)26-24-27(12-15-32-24)22(21)17-4-8-19(9-5-17)30-13-14-31-20-10-6-18(25)7-11-20/h4-12,15,22H,3,13-14H2,1-2H3/t22-/m0/s1. The molecule has 2 aromatic carbocycles.